The van der Waals surface area contributed by atoms with Crippen molar-refractivity contribution in [3.63, 3.8) is 0 Å². The van der Waals surface area contributed by atoms with Crippen LogP contribution in [0.25, 0.3) is 0 Å². The Morgan fingerprint density at radius 1 is 1.36 bits per heavy atom. The number of alkyl halides is 3. The first-order chi connectivity index (χ1) is 9.74. The van der Waals surface area contributed by atoms with Crippen molar-refractivity contribution in [3.05, 3.63) is 29.8 Å². The summed E-state index contributed by atoms with van der Waals surface area (Å²) in [7, 11) is 1.62. The van der Waals surface area contributed by atoms with E-state index in [-0.39, 0.29) is 42.9 Å². The van der Waals surface area contributed by atoms with Gasteiger partial charge < -0.3 is 15.4 Å². The van der Waals surface area contributed by atoms with E-state index in [1.165, 1.54) is 23.1 Å². The summed E-state index contributed by atoms with van der Waals surface area (Å²) in [6, 6.07) is 5.70. The summed E-state index contributed by atoms with van der Waals surface area (Å²) in [4.78, 5) is 13.4. The number of likely N-dealkylation sites (N-methyl/N-ethyl adjacent to an activating group) is 1. The Morgan fingerprint density at radius 3 is 2.50 bits per heavy atom. The fraction of sp³-hybridized carbons (Fsp3) is 0.500. The van der Waals surface area contributed by atoms with Gasteiger partial charge in [0.15, 0.2) is 0 Å². The molecule has 0 heterocycles. The number of nitrogens with zero attached hydrogens (tertiary/aromatic N) is 1. The molecule has 1 rings (SSSR count). The molecule has 8 heteroatoms. The van der Waals surface area contributed by atoms with Gasteiger partial charge in [-0.15, -0.1) is 25.6 Å². The molecule has 1 atom stereocenters. The predicted octanol–water partition coefficient (Wildman–Crippen LogP) is 2.75. The molecular weight excluding hydrogens is 321 g/mol. The molecule has 126 valence electrons. The second-order valence-corrected chi connectivity index (χ2v) is 4.74. The Labute approximate surface area is 133 Å². The fourth-order valence-corrected chi connectivity index (χ4v) is 1.76. The van der Waals surface area contributed by atoms with E-state index in [0.717, 1.165) is 0 Å². The summed E-state index contributed by atoms with van der Waals surface area (Å²) in [5.41, 5.74) is 5.82. The van der Waals surface area contributed by atoms with Gasteiger partial charge in [0.25, 0.3) is 0 Å². The zero-order valence-corrected chi connectivity index (χ0v) is 13.2. The summed E-state index contributed by atoms with van der Waals surface area (Å²) in [6.07, 6.45) is -4.48. The zero-order chi connectivity index (χ0) is 16.0. The molecule has 1 amide bonds. The van der Waals surface area contributed by atoms with E-state index >= 15 is 0 Å². The quantitative estimate of drug-likeness (QED) is 0.866. The van der Waals surface area contributed by atoms with Gasteiger partial charge in [-0.2, -0.15) is 0 Å². The Balaban J connectivity index is 0.00000441. The van der Waals surface area contributed by atoms with Crippen LogP contribution in [0.1, 0.15) is 18.9 Å². The lowest BCUT2D eigenvalue weighted by molar-refractivity contribution is -0.274. The Bertz CT molecular complexity index is 483. The third-order valence-corrected chi connectivity index (χ3v) is 3.20. The van der Waals surface area contributed by atoms with Crippen LogP contribution < -0.4 is 10.5 Å². The van der Waals surface area contributed by atoms with Crippen LogP contribution >= 0.6 is 12.4 Å². The van der Waals surface area contributed by atoms with Gasteiger partial charge in [-0.05, 0) is 25.0 Å². The predicted molar refractivity (Wildman–Crippen MR) is 80.0 cm³/mol. The smallest absolute Gasteiger partial charge is 0.406 e. The maximum atomic E-state index is 12.3. The molecular formula is C14H20ClF3N2O2. The number of rotatable bonds is 6. The molecule has 0 aromatic heterocycles. The molecule has 1 aromatic rings. The van der Waals surface area contributed by atoms with E-state index in [4.69, 9.17) is 5.73 Å². The average molecular weight is 341 g/mol. The van der Waals surface area contributed by atoms with Crippen molar-refractivity contribution in [1.82, 2.24) is 4.90 Å². The van der Waals surface area contributed by atoms with Crippen molar-refractivity contribution in [3.8, 4) is 5.75 Å². The summed E-state index contributed by atoms with van der Waals surface area (Å²) in [6.45, 7) is 2.13. The van der Waals surface area contributed by atoms with Crippen LogP contribution in [0.15, 0.2) is 24.3 Å². The Morgan fingerprint density at radius 2 is 1.95 bits per heavy atom. The van der Waals surface area contributed by atoms with E-state index < -0.39 is 6.36 Å². The van der Waals surface area contributed by atoms with Crippen LogP contribution in [0.5, 0.6) is 5.75 Å². The maximum absolute atomic E-state index is 12.3. The van der Waals surface area contributed by atoms with Crippen molar-refractivity contribution in [2.45, 2.75) is 32.2 Å². The van der Waals surface area contributed by atoms with Gasteiger partial charge >= 0.3 is 6.36 Å². The number of carbonyl (C=O) groups is 1. The average Bonchev–Trinajstić information content (AvgIpc) is 2.42. The van der Waals surface area contributed by atoms with Crippen molar-refractivity contribution < 1.29 is 22.7 Å². The first kappa shape index (κ1) is 20.5. The molecule has 1 unspecified atom stereocenters. The van der Waals surface area contributed by atoms with Crippen LogP contribution in [0.3, 0.4) is 0 Å². The molecule has 0 aliphatic rings. The molecule has 4 nitrogen and oxygen atoms in total. The van der Waals surface area contributed by atoms with Crippen LogP contribution in [0.2, 0.25) is 0 Å². The van der Waals surface area contributed by atoms with Crippen molar-refractivity contribution in [2.24, 2.45) is 5.73 Å². The fourth-order valence-electron chi connectivity index (χ4n) is 1.76. The SMILES string of the molecule is CC(CN)N(C)C(=O)CCc1ccccc1OC(F)(F)F.Cl. The van der Waals surface area contributed by atoms with E-state index in [1.54, 1.807) is 20.0 Å². The molecule has 0 spiro atoms. The monoisotopic (exact) mass is 340 g/mol. The number of aryl methyl sites for hydroxylation is 1. The number of para-hydroxylation sites is 1. The second kappa shape index (κ2) is 8.85. The minimum absolute atomic E-state index is 0. The van der Waals surface area contributed by atoms with E-state index in [9.17, 15) is 18.0 Å². The Kier molecular flexibility index (Phi) is 8.26. The minimum atomic E-state index is -4.75. The number of hydrogen-bond donors (Lipinski definition) is 1. The van der Waals surface area contributed by atoms with E-state index in [2.05, 4.69) is 4.74 Å². The van der Waals surface area contributed by atoms with Gasteiger partial charge in [-0.25, -0.2) is 0 Å². The largest absolute Gasteiger partial charge is 0.573 e. The number of nitrogens with two attached hydrogens (primary N) is 1. The highest BCUT2D eigenvalue weighted by Gasteiger charge is 2.32. The van der Waals surface area contributed by atoms with Gasteiger partial charge in [0, 0.05) is 26.1 Å². The number of amides is 1. The number of ether oxygens (including phenoxy) is 1. The van der Waals surface area contributed by atoms with E-state index in [0.29, 0.717) is 12.1 Å². The Hall–Kier alpha value is -1.47. The maximum Gasteiger partial charge on any atom is 0.573 e. The highest BCUT2D eigenvalue weighted by atomic mass is 35.5. The number of carbonyl (C=O) groups excluding carboxylic acids is 1. The zero-order valence-electron chi connectivity index (χ0n) is 12.4. The molecule has 0 fully saturated rings. The van der Waals surface area contributed by atoms with Crippen molar-refractivity contribution in [1.29, 1.82) is 0 Å². The topological polar surface area (TPSA) is 55.6 Å². The lowest BCUT2D eigenvalue weighted by Gasteiger charge is -2.23. The van der Waals surface area contributed by atoms with Gasteiger partial charge in [0.2, 0.25) is 5.91 Å². The first-order valence-corrected chi connectivity index (χ1v) is 6.54. The second-order valence-electron chi connectivity index (χ2n) is 4.74. The highest BCUT2D eigenvalue weighted by Crippen LogP contribution is 2.27. The lowest BCUT2D eigenvalue weighted by Crippen LogP contribution is -2.39. The molecule has 22 heavy (non-hydrogen) atoms. The standard InChI is InChI=1S/C14H19F3N2O2.ClH/c1-10(9-18)19(2)13(20)8-7-11-5-3-4-6-12(11)21-14(15,16)17;/h3-6,10H,7-9,18H2,1-2H3;1H. The van der Waals surface area contributed by atoms with Crippen molar-refractivity contribution >= 4 is 18.3 Å². The summed E-state index contributed by atoms with van der Waals surface area (Å²) >= 11 is 0. The van der Waals surface area contributed by atoms with Crippen LogP contribution in [0, 0.1) is 0 Å². The van der Waals surface area contributed by atoms with Crippen LogP contribution in [-0.4, -0.2) is 36.8 Å². The molecule has 0 saturated heterocycles. The van der Waals surface area contributed by atoms with Gasteiger partial charge in [-0.3, -0.25) is 4.79 Å². The number of benzene rings is 1. The van der Waals surface area contributed by atoms with Crippen molar-refractivity contribution in [2.75, 3.05) is 13.6 Å². The molecule has 0 radical (unpaired) electrons. The summed E-state index contributed by atoms with van der Waals surface area (Å²) in [5.74, 6) is -0.443. The minimum Gasteiger partial charge on any atom is -0.406 e. The summed E-state index contributed by atoms with van der Waals surface area (Å²) in [5, 5.41) is 0. The molecule has 0 saturated carbocycles. The third-order valence-electron chi connectivity index (χ3n) is 3.20. The van der Waals surface area contributed by atoms with Gasteiger partial charge in [-0.1, -0.05) is 18.2 Å². The highest BCUT2D eigenvalue weighted by molar-refractivity contribution is 5.85. The normalized spacial score (nSPS) is 12.3. The number of hydrogen-bond acceptors (Lipinski definition) is 3. The molecule has 0 bridgehead atoms. The van der Waals surface area contributed by atoms with Gasteiger partial charge in [0.05, 0.1) is 0 Å². The van der Waals surface area contributed by atoms with Crippen LogP contribution in [0.4, 0.5) is 13.2 Å². The van der Waals surface area contributed by atoms with E-state index in [1.807, 2.05) is 0 Å². The summed E-state index contributed by atoms with van der Waals surface area (Å²) < 4.78 is 40.8. The third kappa shape index (κ3) is 6.53. The number of halogens is 4. The van der Waals surface area contributed by atoms with Gasteiger partial charge in [0.1, 0.15) is 5.75 Å². The molecule has 0 aliphatic carbocycles. The molecule has 0 aliphatic heterocycles. The first-order valence-electron chi connectivity index (χ1n) is 6.54. The molecule has 2 N–H and O–H groups in total. The van der Waals surface area contributed by atoms with Crippen LogP contribution in [-0.2, 0) is 11.2 Å². The molecule has 1 aromatic carbocycles. The lowest BCUT2D eigenvalue weighted by atomic mass is 10.1.